The molecular weight excluding hydrogens is 310 g/mol. The van der Waals surface area contributed by atoms with Crippen molar-refractivity contribution in [1.29, 1.82) is 0 Å². The monoisotopic (exact) mass is 336 g/mol. The molecule has 0 radical (unpaired) electrons. The third-order valence-electron chi connectivity index (χ3n) is 3.95. The predicted octanol–water partition coefficient (Wildman–Crippen LogP) is 0.218. The minimum Gasteiger partial charge on any atom is -0.349 e. The molecule has 1 heterocycles. The van der Waals surface area contributed by atoms with E-state index >= 15 is 0 Å². The fourth-order valence-electron chi connectivity index (χ4n) is 2.65. The Hall–Kier alpha value is -1.53. The number of thioether (sulfide) groups is 1. The lowest BCUT2D eigenvalue weighted by molar-refractivity contribution is -0.856. The molecule has 6 heteroatoms. The number of rotatable bonds is 6. The summed E-state index contributed by atoms with van der Waals surface area (Å²) in [6.45, 7) is 5.33. The van der Waals surface area contributed by atoms with Gasteiger partial charge in [-0.25, -0.2) is 0 Å². The van der Waals surface area contributed by atoms with Crippen LogP contribution in [-0.4, -0.2) is 55.7 Å². The number of carbonyl (C=O) groups excluding carboxylic acids is 2. The van der Waals surface area contributed by atoms with Gasteiger partial charge in [0.05, 0.1) is 32.9 Å². The van der Waals surface area contributed by atoms with E-state index in [2.05, 4.69) is 11.4 Å². The summed E-state index contributed by atoms with van der Waals surface area (Å²) in [5, 5.41) is 2.85. The Labute approximate surface area is 142 Å². The normalized spacial score (nSPS) is 19.3. The number of hydrogen-bond donors (Lipinski definition) is 2. The summed E-state index contributed by atoms with van der Waals surface area (Å²) >= 11 is 1.59. The number of carbonyl (C=O) groups is 2. The number of benzene rings is 1. The van der Waals surface area contributed by atoms with Crippen molar-refractivity contribution < 1.29 is 14.5 Å². The highest BCUT2D eigenvalue weighted by atomic mass is 32.2. The number of quaternary nitrogens is 1. The van der Waals surface area contributed by atoms with Gasteiger partial charge < -0.3 is 15.1 Å². The van der Waals surface area contributed by atoms with E-state index in [0.29, 0.717) is 12.3 Å². The molecule has 5 nitrogen and oxygen atoms in total. The Balaban J connectivity index is 2.08. The van der Waals surface area contributed by atoms with E-state index in [0.717, 1.165) is 17.7 Å². The zero-order valence-corrected chi connectivity index (χ0v) is 15.1. The van der Waals surface area contributed by atoms with Crippen LogP contribution in [0.3, 0.4) is 0 Å². The van der Waals surface area contributed by atoms with Gasteiger partial charge in [0.2, 0.25) is 11.8 Å². The van der Waals surface area contributed by atoms with E-state index < -0.39 is 6.04 Å². The second-order valence-electron chi connectivity index (χ2n) is 6.30. The van der Waals surface area contributed by atoms with Crippen LogP contribution in [-0.2, 0) is 9.59 Å². The molecule has 0 bridgehead atoms. The summed E-state index contributed by atoms with van der Waals surface area (Å²) < 4.78 is 0. The molecule has 2 atom stereocenters. The fourth-order valence-corrected chi connectivity index (χ4v) is 3.89. The predicted molar refractivity (Wildman–Crippen MR) is 93.4 cm³/mol. The lowest BCUT2D eigenvalue weighted by atomic mass is 10.1. The highest BCUT2D eigenvalue weighted by Gasteiger charge is 2.38. The van der Waals surface area contributed by atoms with Gasteiger partial charge in [0.25, 0.3) is 0 Å². The van der Waals surface area contributed by atoms with Gasteiger partial charge in [0.15, 0.2) is 0 Å². The maximum absolute atomic E-state index is 12.4. The molecule has 1 saturated heterocycles. The molecule has 1 aliphatic rings. The molecule has 0 spiro atoms. The Kier molecular flexibility index (Phi) is 6.07. The smallest absolute Gasteiger partial charge is 0.242 e. The second-order valence-corrected chi connectivity index (χ2v) is 7.37. The van der Waals surface area contributed by atoms with Crippen LogP contribution in [0.5, 0.6) is 0 Å². The lowest BCUT2D eigenvalue weighted by Gasteiger charge is -2.29. The summed E-state index contributed by atoms with van der Waals surface area (Å²) in [5.74, 6) is 0.375. The van der Waals surface area contributed by atoms with Crippen molar-refractivity contribution in [2.75, 3.05) is 32.9 Å². The Morgan fingerprint density at radius 3 is 2.87 bits per heavy atom. The molecule has 2 rings (SSSR count). The minimum atomic E-state index is -0.458. The average Bonchev–Trinajstić information content (AvgIpc) is 2.87. The van der Waals surface area contributed by atoms with Crippen LogP contribution < -0.4 is 10.2 Å². The van der Waals surface area contributed by atoms with Crippen LogP contribution in [0.4, 0.5) is 0 Å². The third-order valence-corrected chi connectivity index (χ3v) is 5.18. The number of nitrogens with one attached hydrogen (secondary N) is 2. The molecule has 2 N–H and O–H groups in total. The molecule has 23 heavy (non-hydrogen) atoms. The van der Waals surface area contributed by atoms with Crippen LogP contribution in [0.1, 0.15) is 23.4 Å². The first kappa shape index (κ1) is 17.8. The van der Waals surface area contributed by atoms with Gasteiger partial charge >= 0.3 is 0 Å². The van der Waals surface area contributed by atoms with Crippen LogP contribution in [0.2, 0.25) is 0 Å². The van der Waals surface area contributed by atoms with Gasteiger partial charge in [-0.3, -0.25) is 9.59 Å². The van der Waals surface area contributed by atoms with Gasteiger partial charge in [-0.2, -0.15) is 0 Å². The lowest BCUT2D eigenvalue weighted by Crippen LogP contribution is -3.06. The molecule has 1 aromatic rings. The summed E-state index contributed by atoms with van der Waals surface area (Å²) in [6, 6.07) is 7.69. The van der Waals surface area contributed by atoms with Crippen molar-refractivity contribution in [1.82, 2.24) is 10.2 Å². The Morgan fingerprint density at radius 1 is 1.48 bits per heavy atom. The summed E-state index contributed by atoms with van der Waals surface area (Å²) in [4.78, 5) is 27.7. The third kappa shape index (κ3) is 4.48. The first-order valence-electron chi connectivity index (χ1n) is 7.96. The molecule has 0 aliphatic carbocycles. The fraction of sp³-hybridized carbons (Fsp3) is 0.529. The van der Waals surface area contributed by atoms with E-state index in [1.807, 2.05) is 46.1 Å². The van der Waals surface area contributed by atoms with E-state index in [1.54, 1.807) is 16.7 Å². The van der Waals surface area contributed by atoms with E-state index in [-0.39, 0.29) is 17.2 Å². The van der Waals surface area contributed by atoms with Crippen molar-refractivity contribution in [3.63, 3.8) is 0 Å². The largest absolute Gasteiger partial charge is 0.349 e. The van der Waals surface area contributed by atoms with E-state index in [1.165, 1.54) is 4.90 Å². The number of hydrogen-bond acceptors (Lipinski definition) is 3. The van der Waals surface area contributed by atoms with E-state index in [9.17, 15) is 9.59 Å². The van der Waals surface area contributed by atoms with E-state index in [4.69, 9.17) is 0 Å². The van der Waals surface area contributed by atoms with Crippen LogP contribution in [0.15, 0.2) is 24.3 Å². The Morgan fingerprint density at radius 2 is 2.22 bits per heavy atom. The van der Waals surface area contributed by atoms with Crippen molar-refractivity contribution >= 4 is 23.6 Å². The van der Waals surface area contributed by atoms with Gasteiger partial charge in [0, 0.05) is 0 Å². The average molecular weight is 336 g/mol. The molecule has 1 aromatic carbocycles. The summed E-state index contributed by atoms with van der Waals surface area (Å²) in [6.07, 6.45) is 0. The van der Waals surface area contributed by atoms with Crippen LogP contribution in [0, 0.1) is 6.92 Å². The molecule has 0 saturated carbocycles. The van der Waals surface area contributed by atoms with Crippen molar-refractivity contribution in [3.8, 4) is 0 Å². The van der Waals surface area contributed by atoms with Crippen LogP contribution >= 0.6 is 11.8 Å². The zero-order valence-electron chi connectivity index (χ0n) is 14.3. The highest BCUT2D eigenvalue weighted by Crippen LogP contribution is 2.40. The Bertz CT molecular complexity index is 577. The quantitative estimate of drug-likeness (QED) is 0.781. The minimum absolute atomic E-state index is 0.0300. The van der Waals surface area contributed by atoms with Gasteiger partial charge in [0.1, 0.15) is 11.4 Å². The molecule has 1 fully saturated rings. The van der Waals surface area contributed by atoms with Crippen molar-refractivity contribution in [2.24, 2.45) is 0 Å². The number of likely N-dealkylation sites (N-methyl/N-ethyl adjacent to an activating group) is 1. The first-order chi connectivity index (χ1) is 10.9. The molecule has 126 valence electrons. The number of amides is 2. The molecular formula is C17H26N3O2S+. The highest BCUT2D eigenvalue weighted by molar-refractivity contribution is 8.00. The zero-order chi connectivity index (χ0) is 17.0. The topological polar surface area (TPSA) is 53.9 Å². The maximum atomic E-state index is 12.4. The summed E-state index contributed by atoms with van der Waals surface area (Å²) in [7, 11) is 4.09. The first-order valence-corrected chi connectivity index (χ1v) is 9.01. The van der Waals surface area contributed by atoms with Gasteiger partial charge in [-0.05, 0) is 19.4 Å². The van der Waals surface area contributed by atoms with Gasteiger partial charge in [-0.15, -0.1) is 11.8 Å². The number of aryl methyl sites for hydroxylation is 1. The molecule has 0 unspecified atom stereocenters. The molecule has 2 amide bonds. The molecule has 1 aliphatic heterocycles. The summed E-state index contributed by atoms with van der Waals surface area (Å²) in [5.41, 5.74) is 2.24. The molecule has 0 aromatic heterocycles. The van der Waals surface area contributed by atoms with Gasteiger partial charge in [-0.1, -0.05) is 29.8 Å². The van der Waals surface area contributed by atoms with Crippen molar-refractivity contribution in [3.05, 3.63) is 35.4 Å². The standard InChI is InChI=1S/C17H25N3O2S/c1-12-6-5-7-14(10-12)17-20(15(21)11-23-17)13(2)16(22)18-8-9-19(3)4/h5-7,10,13,17H,8-9,11H2,1-4H3,(H,18,22)/p+1/t13-,17+/m1/s1. The number of nitrogens with zero attached hydrogens (tertiary/aromatic N) is 1. The second kappa shape index (κ2) is 7.84. The van der Waals surface area contributed by atoms with Crippen molar-refractivity contribution in [2.45, 2.75) is 25.3 Å². The SMILES string of the molecule is Cc1cccc([C@@H]2SCC(=O)N2[C@H](C)C(=O)NCC[NH+](C)C)c1. The van der Waals surface area contributed by atoms with Crippen LogP contribution in [0.25, 0.3) is 0 Å². The maximum Gasteiger partial charge on any atom is 0.242 e.